The molecule has 0 atom stereocenters. The van der Waals surface area contributed by atoms with Gasteiger partial charge in [0.15, 0.2) is 0 Å². The standard InChI is InChI=1S/C6H5F2N/c7-4-1-2-5(8)6(9)3-4/h1-3H,9H2/i2D,3D. The molecular formula is C6H5F2N. The van der Waals surface area contributed by atoms with Crippen LogP contribution in [0.2, 0.25) is 0 Å². The molecular weight excluding hydrogens is 124 g/mol. The number of hydrogen-bond donors (Lipinski definition) is 1. The predicted octanol–water partition coefficient (Wildman–Crippen LogP) is 1.55. The zero-order valence-electron chi connectivity index (χ0n) is 6.41. The minimum atomic E-state index is -1.04. The highest BCUT2D eigenvalue weighted by molar-refractivity contribution is 5.38. The molecule has 0 saturated carbocycles. The van der Waals surface area contributed by atoms with E-state index in [4.69, 9.17) is 8.48 Å². The first-order valence-corrected chi connectivity index (χ1v) is 2.24. The van der Waals surface area contributed by atoms with Crippen molar-refractivity contribution in [1.29, 1.82) is 0 Å². The lowest BCUT2D eigenvalue weighted by Gasteiger charge is -1.92. The van der Waals surface area contributed by atoms with Gasteiger partial charge in [-0.3, -0.25) is 0 Å². The molecule has 0 fully saturated rings. The maximum absolute atomic E-state index is 12.6. The Balaban J connectivity index is 3.46. The Labute approximate surface area is 53.9 Å². The lowest BCUT2D eigenvalue weighted by Crippen LogP contribution is -1.89. The molecule has 1 aromatic rings. The van der Waals surface area contributed by atoms with Crippen molar-refractivity contribution in [3.8, 4) is 0 Å². The maximum Gasteiger partial charge on any atom is 0.146 e. The van der Waals surface area contributed by atoms with Gasteiger partial charge in [0.05, 0.1) is 8.43 Å². The zero-order valence-corrected chi connectivity index (χ0v) is 4.41. The van der Waals surface area contributed by atoms with Crippen molar-refractivity contribution in [3.63, 3.8) is 0 Å². The minimum Gasteiger partial charge on any atom is -0.396 e. The van der Waals surface area contributed by atoms with E-state index < -0.39 is 29.4 Å². The van der Waals surface area contributed by atoms with Crippen LogP contribution in [0.4, 0.5) is 14.5 Å². The van der Waals surface area contributed by atoms with Crippen LogP contribution in [0.1, 0.15) is 2.74 Å². The third kappa shape index (κ3) is 1.16. The molecule has 0 aromatic heterocycles. The second-order valence-electron chi connectivity index (χ2n) is 1.49. The second kappa shape index (κ2) is 2.01. The Bertz CT molecular complexity index is 275. The molecule has 48 valence electrons. The van der Waals surface area contributed by atoms with Gasteiger partial charge in [-0.2, -0.15) is 0 Å². The number of benzene rings is 1. The molecule has 9 heavy (non-hydrogen) atoms. The molecule has 0 bridgehead atoms. The van der Waals surface area contributed by atoms with Crippen LogP contribution in [0.25, 0.3) is 0 Å². The molecule has 0 aliphatic heterocycles. The first kappa shape index (κ1) is 3.82. The van der Waals surface area contributed by atoms with Crippen molar-refractivity contribution >= 4 is 5.69 Å². The Kier molecular flexibility index (Phi) is 0.853. The summed E-state index contributed by atoms with van der Waals surface area (Å²) >= 11 is 0. The summed E-state index contributed by atoms with van der Waals surface area (Å²) in [6.07, 6.45) is 0. The van der Waals surface area contributed by atoms with E-state index in [0.717, 1.165) is 0 Å². The van der Waals surface area contributed by atoms with E-state index in [0.29, 0.717) is 6.07 Å². The van der Waals surface area contributed by atoms with Crippen LogP contribution in [-0.4, -0.2) is 0 Å². The lowest BCUT2D eigenvalue weighted by atomic mass is 10.3. The van der Waals surface area contributed by atoms with E-state index in [1.54, 1.807) is 0 Å². The summed E-state index contributed by atoms with van der Waals surface area (Å²) in [4.78, 5) is 0. The first-order chi connectivity index (χ1) is 5.04. The molecule has 0 heterocycles. The van der Waals surface area contributed by atoms with E-state index >= 15 is 0 Å². The molecule has 1 nitrogen and oxygen atoms in total. The topological polar surface area (TPSA) is 26.0 Å². The fourth-order valence-corrected chi connectivity index (χ4v) is 0.424. The molecule has 1 rings (SSSR count). The number of anilines is 1. The van der Waals surface area contributed by atoms with Gasteiger partial charge in [0.1, 0.15) is 11.6 Å². The smallest absolute Gasteiger partial charge is 0.146 e. The van der Waals surface area contributed by atoms with Crippen LogP contribution >= 0.6 is 0 Å². The summed E-state index contributed by atoms with van der Waals surface area (Å²) in [5.74, 6) is -2.02. The number of nitrogens with two attached hydrogens (primary N) is 1. The Morgan fingerprint density at radius 3 is 2.89 bits per heavy atom. The van der Waals surface area contributed by atoms with Crippen molar-refractivity contribution in [2.45, 2.75) is 0 Å². The van der Waals surface area contributed by atoms with E-state index in [1.165, 1.54) is 0 Å². The number of nitrogen functional groups attached to an aromatic ring is 1. The molecule has 0 amide bonds. The summed E-state index contributed by atoms with van der Waals surface area (Å²) in [6.45, 7) is 0. The van der Waals surface area contributed by atoms with E-state index in [9.17, 15) is 8.78 Å². The number of halogens is 2. The van der Waals surface area contributed by atoms with Gasteiger partial charge in [0, 0.05) is 0 Å². The average Bonchev–Trinajstić information content (AvgIpc) is 1.97. The van der Waals surface area contributed by atoms with Gasteiger partial charge in [0.2, 0.25) is 0 Å². The highest BCUT2D eigenvalue weighted by atomic mass is 19.1. The van der Waals surface area contributed by atoms with Crippen molar-refractivity contribution in [1.82, 2.24) is 0 Å². The third-order valence-electron chi connectivity index (χ3n) is 0.816. The van der Waals surface area contributed by atoms with Crippen LogP contribution in [0.3, 0.4) is 0 Å². The van der Waals surface area contributed by atoms with E-state index in [2.05, 4.69) is 0 Å². The van der Waals surface area contributed by atoms with Gasteiger partial charge in [-0.25, -0.2) is 8.78 Å². The third-order valence-corrected chi connectivity index (χ3v) is 0.816. The van der Waals surface area contributed by atoms with Gasteiger partial charge in [-0.05, 0) is 18.2 Å². The molecule has 0 saturated heterocycles. The molecule has 1 aromatic carbocycles. The van der Waals surface area contributed by atoms with Crippen molar-refractivity contribution in [2.24, 2.45) is 0 Å². The van der Waals surface area contributed by atoms with Gasteiger partial charge in [-0.1, -0.05) is 0 Å². The van der Waals surface area contributed by atoms with Crippen LogP contribution < -0.4 is 5.73 Å². The Morgan fingerprint density at radius 2 is 2.22 bits per heavy atom. The highest BCUT2D eigenvalue weighted by Crippen LogP contribution is 2.09. The fraction of sp³-hybridized carbons (Fsp3) is 0. The van der Waals surface area contributed by atoms with Gasteiger partial charge < -0.3 is 5.73 Å². The molecule has 0 spiro atoms. The Hall–Kier alpha value is -1.12. The SMILES string of the molecule is [2H]c1cc(F)c([2H])c(N)c1F. The summed E-state index contributed by atoms with van der Waals surface area (Å²) in [6, 6.07) is -0.705. The first-order valence-electron chi connectivity index (χ1n) is 3.24. The molecule has 0 aliphatic carbocycles. The largest absolute Gasteiger partial charge is 0.396 e. The lowest BCUT2D eigenvalue weighted by molar-refractivity contribution is 0.604. The quantitative estimate of drug-likeness (QED) is 0.531. The highest BCUT2D eigenvalue weighted by Gasteiger charge is 1.96. The molecule has 0 radical (unpaired) electrons. The van der Waals surface area contributed by atoms with Gasteiger partial charge in [-0.15, -0.1) is 0 Å². The zero-order chi connectivity index (χ0) is 8.59. The fourth-order valence-electron chi connectivity index (χ4n) is 0.424. The van der Waals surface area contributed by atoms with Gasteiger partial charge in [0.25, 0.3) is 0 Å². The monoisotopic (exact) mass is 131 g/mol. The minimum absolute atomic E-state index is 0.616. The van der Waals surface area contributed by atoms with Crippen LogP contribution in [0.5, 0.6) is 0 Å². The van der Waals surface area contributed by atoms with E-state index in [-0.39, 0.29) is 0 Å². The van der Waals surface area contributed by atoms with Crippen LogP contribution in [-0.2, 0) is 0 Å². The summed E-state index contributed by atoms with van der Waals surface area (Å²) in [7, 11) is 0. The van der Waals surface area contributed by atoms with Crippen molar-refractivity contribution in [3.05, 3.63) is 29.8 Å². The predicted molar refractivity (Wildman–Crippen MR) is 30.8 cm³/mol. The number of hydrogen-bond acceptors (Lipinski definition) is 1. The molecule has 2 N–H and O–H groups in total. The summed E-state index contributed by atoms with van der Waals surface area (Å²) in [5.41, 5.74) is 4.35. The average molecular weight is 131 g/mol. The Morgan fingerprint density at radius 1 is 1.56 bits per heavy atom. The van der Waals surface area contributed by atoms with Crippen molar-refractivity contribution < 1.29 is 11.5 Å². The van der Waals surface area contributed by atoms with Crippen molar-refractivity contribution in [2.75, 3.05) is 5.73 Å². The maximum atomic E-state index is 12.6. The van der Waals surface area contributed by atoms with Gasteiger partial charge >= 0.3 is 0 Å². The van der Waals surface area contributed by atoms with Crippen LogP contribution in [0, 0.1) is 11.6 Å². The van der Waals surface area contributed by atoms with Crippen LogP contribution in [0.15, 0.2) is 18.2 Å². The molecule has 3 heteroatoms. The summed E-state index contributed by atoms with van der Waals surface area (Å²) in [5, 5.41) is 0. The van der Waals surface area contributed by atoms with E-state index in [1.807, 2.05) is 0 Å². The normalized spacial score (nSPS) is 12.7. The number of rotatable bonds is 0. The molecule has 0 unspecified atom stereocenters. The molecule has 0 aliphatic rings. The summed E-state index contributed by atoms with van der Waals surface area (Å²) < 4.78 is 38.7. The second-order valence-corrected chi connectivity index (χ2v) is 1.49.